The van der Waals surface area contributed by atoms with E-state index in [-0.39, 0.29) is 11.9 Å². The lowest BCUT2D eigenvalue weighted by Crippen LogP contribution is -2.34. The van der Waals surface area contributed by atoms with Gasteiger partial charge in [0, 0.05) is 13.0 Å². The molecular formula is C21H28N2O. The number of benzene rings is 2. The van der Waals surface area contributed by atoms with E-state index in [0.29, 0.717) is 13.0 Å². The zero-order valence-electron chi connectivity index (χ0n) is 15.2. The molecule has 0 unspecified atom stereocenters. The molecule has 0 radical (unpaired) electrons. The van der Waals surface area contributed by atoms with Crippen molar-refractivity contribution in [3.8, 4) is 0 Å². The molecule has 0 saturated heterocycles. The second-order valence-electron chi connectivity index (χ2n) is 6.62. The van der Waals surface area contributed by atoms with Crippen molar-refractivity contribution in [3.63, 3.8) is 0 Å². The van der Waals surface area contributed by atoms with Crippen LogP contribution in [0, 0.1) is 13.8 Å². The first-order chi connectivity index (χ1) is 11.5. The van der Waals surface area contributed by atoms with E-state index >= 15 is 0 Å². The minimum absolute atomic E-state index is 0.109. The molecule has 2 aromatic carbocycles. The third kappa shape index (κ3) is 5.20. The van der Waals surface area contributed by atoms with E-state index < -0.39 is 0 Å². The van der Waals surface area contributed by atoms with Gasteiger partial charge in [0.1, 0.15) is 0 Å². The smallest absolute Gasteiger partial charge is 0.220 e. The van der Waals surface area contributed by atoms with E-state index in [0.717, 1.165) is 6.42 Å². The Morgan fingerprint density at radius 3 is 2.42 bits per heavy atom. The standard InChI is InChI=1S/C21H28N2O/c1-16-10-11-18(17(2)14-16)12-13-21(24)22-15-20(23(3)4)19-8-6-5-7-9-19/h5-11,14,20H,12-13,15H2,1-4H3,(H,22,24)/t20-/m0/s1. The van der Waals surface area contributed by atoms with Gasteiger partial charge < -0.3 is 10.2 Å². The molecule has 0 bridgehead atoms. The first kappa shape index (κ1) is 18.2. The predicted molar refractivity (Wildman–Crippen MR) is 100 cm³/mol. The molecule has 0 aliphatic rings. The number of likely N-dealkylation sites (N-methyl/N-ethyl adjacent to an activating group) is 1. The van der Waals surface area contributed by atoms with Crippen molar-refractivity contribution < 1.29 is 4.79 Å². The van der Waals surface area contributed by atoms with Crippen LogP contribution < -0.4 is 5.32 Å². The lowest BCUT2D eigenvalue weighted by Gasteiger charge is -2.25. The molecule has 2 aromatic rings. The Morgan fingerprint density at radius 1 is 1.08 bits per heavy atom. The largest absolute Gasteiger partial charge is 0.354 e. The zero-order chi connectivity index (χ0) is 17.5. The van der Waals surface area contributed by atoms with Crippen molar-refractivity contribution in [2.45, 2.75) is 32.7 Å². The van der Waals surface area contributed by atoms with Crippen LogP contribution in [0.5, 0.6) is 0 Å². The Bertz CT molecular complexity index is 665. The van der Waals surface area contributed by atoms with Gasteiger partial charge in [-0.1, -0.05) is 54.1 Å². The number of nitrogens with one attached hydrogen (secondary N) is 1. The number of hydrogen-bond acceptors (Lipinski definition) is 2. The summed E-state index contributed by atoms with van der Waals surface area (Å²) in [6.45, 7) is 4.83. The molecular weight excluding hydrogens is 296 g/mol. The number of hydrogen-bond donors (Lipinski definition) is 1. The van der Waals surface area contributed by atoms with Gasteiger partial charge in [0.15, 0.2) is 0 Å². The SMILES string of the molecule is Cc1ccc(CCC(=O)NC[C@@H](c2ccccc2)N(C)C)c(C)c1. The summed E-state index contributed by atoms with van der Waals surface area (Å²) in [6, 6.07) is 16.9. The first-order valence-corrected chi connectivity index (χ1v) is 8.51. The summed E-state index contributed by atoms with van der Waals surface area (Å²) in [5.74, 6) is 0.109. The van der Waals surface area contributed by atoms with E-state index in [1.54, 1.807) is 0 Å². The lowest BCUT2D eigenvalue weighted by atomic mass is 10.0. The quantitative estimate of drug-likeness (QED) is 0.843. The van der Waals surface area contributed by atoms with Crippen molar-refractivity contribution in [3.05, 3.63) is 70.8 Å². The summed E-state index contributed by atoms with van der Waals surface area (Å²) < 4.78 is 0. The zero-order valence-corrected chi connectivity index (χ0v) is 15.2. The molecule has 0 spiro atoms. The van der Waals surface area contributed by atoms with Crippen LogP contribution in [0.2, 0.25) is 0 Å². The van der Waals surface area contributed by atoms with Crippen LogP contribution in [-0.2, 0) is 11.2 Å². The van der Waals surface area contributed by atoms with Gasteiger partial charge in [0.25, 0.3) is 0 Å². The molecule has 0 fully saturated rings. The summed E-state index contributed by atoms with van der Waals surface area (Å²) in [6.07, 6.45) is 1.31. The number of carbonyl (C=O) groups is 1. The summed E-state index contributed by atoms with van der Waals surface area (Å²) in [5, 5.41) is 3.08. The fourth-order valence-corrected chi connectivity index (χ4v) is 2.95. The molecule has 24 heavy (non-hydrogen) atoms. The molecule has 0 saturated carbocycles. The summed E-state index contributed by atoms with van der Waals surface area (Å²) in [4.78, 5) is 14.4. The Morgan fingerprint density at radius 2 is 1.79 bits per heavy atom. The van der Waals surface area contributed by atoms with Gasteiger partial charge in [-0.2, -0.15) is 0 Å². The third-order valence-electron chi connectivity index (χ3n) is 4.42. The fraction of sp³-hybridized carbons (Fsp3) is 0.381. The molecule has 3 heteroatoms. The minimum atomic E-state index is 0.109. The number of amides is 1. The highest BCUT2D eigenvalue weighted by molar-refractivity contribution is 5.76. The Balaban J connectivity index is 1.87. The average Bonchev–Trinajstić information content (AvgIpc) is 2.55. The van der Waals surface area contributed by atoms with Gasteiger partial charge in [-0.25, -0.2) is 0 Å². The van der Waals surface area contributed by atoms with Crippen molar-refractivity contribution in [2.24, 2.45) is 0 Å². The summed E-state index contributed by atoms with van der Waals surface area (Å²) in [5.41, 5.74) is 5.00. The van der Waals surface area contributed by atoms with Crippen LogP contribution in [0.4, 0.5) is 0 Å². The maximum absolute atomic E-state index is 12.2. The van der Waals surface area contributed by atoms with Gasteiger partial charge >= 0.3 is 0 Å². The van der Waals surface area contributed by atoms with Gasteiger partial charge in [-0.05, 0) is 51.1 Å². The van der Waals surface area contributed by atoms with E-state index in [2.05, 4.69) is 54.4 Å². The fourth-order valence-electron chi connectivity index (χ4n) is 2.95. The summed E-state index contributed by atoms with van der Waals surface area (Å²) in [7, 11) is 4.08. The number of aryl methyl sites for hydroxylation is 3. The minimum Gasteiger partial charge on any atom is -0.354 e. The average molecular weight is 324 g/mol. The summed E-state index contributed by atoms with van der Waals surface area (Å²) >= 11 is 0. The number of nitrogens with zero attached hydrogens (tertiary/aromatic N) is 1. The van der Waals surface area contributed by atoms with Crippen LogP contribution in [0.15, 0.2) is 48.5 Å². The van der Waals surface area contributed by atoms with Crippen LogP contribution >= 0.6 is 0 Å². The Hall–Kier alpha value is -2.13. The van der Waals surface area contributed by atoms with Crippen LogP contribution in [0.25, 0.3) is 0 Å². The van der Waals surface area contributed by atoms with Gasteiger partial charge in [0.2, 0.25) is 5.91 Å². The van der Waals surface area contributed by atoms with Crippen molar-refractivity contribution in [2.75, 3.05) is 20.6 Å². The topological polar surface area (TPSA) is 32.3 Å². The molecule has 0 aliphatic carbocycles. The maximum Gasteiger partial charge on any atom is 0.220 e. The Labute approximate surface area is 145 Å². The van der Waals surface area contributed by atoms with E-state index in [1.165, 1.54) is 22.3 Å². The highest BCUT2D eigenvalue weighted by Gasteiger charge is 2.15. The molecule has 0 aromatic heterocycles. The number of carbonyl (C=O) groups excluding carboxylic acids is 1. The molecule has 1 amide bonds. The number of rotatable bonds is 7. The second kappa shape index (κ2) is 8.65. The van der Waals surface area contributed by atoms with Crippen LogP contribution in [0.1, 0.15) is 34.7 Å². The monoisotopic (exact) mass is 324 g/mol. The molecule has 128 valence electrons. The normalized spacial score (nSPS) is 12.2. The molecule has 3 nitrogen and oxygen atoms in total. The van der Waals surface area contributed by atoms with Crippen LogP contribution in [-0.4, -0.2) is 31.4 Å². The van der Waals surface area contributed by atoms with Crippen LogP contribution in [0.3, 0.4) is 0 Å². The molecule has 0 aliphatic heterocycles. The van der Waals surface area contributed by atoms with Crippen molar-refractivity contribution in [1.82, 2.24) is 10.2 Å². The molecule has 1 atom stereocenters. The van der Waals surface area contributed by atoms with E-state index in [4.69, 9.17) is 0 Å². The van der Waals surface area contributed by atoms with Gasteiger partial charge in [0.05, 0.1) is 6.04 Å². The highest BCUT2D eigenvalue weighted by atomic mass is 16.1. The third-order valence-corrected chi connectivity index (χ3v) is 4.42. The van der Waals surface area contributed by atoms with Gasteiger partial charge in [-0.3, -0.25) is 4.79 Å². The highest BCUT2D eigenvalue weighted by Crippen LogP contribution is 2.17. The van der Waals surface area contributed by atoms with E-state index in [1.807, 2.05) is 32.3 Å². The second-order valence-corrected chi connectivity index (χ2v) is 6.62. The molecule has 2 rings (SSSR count). The molecule has 0 heterocycles. The first-order valence-electron chi connectivity index (χ1n) is 8.51. The van der Waals surface area contributed by atoms with E-state index in [9.17, 15) is 4.79 Å². The Kier molecular flexibility index (Phi) is 6.56. The van der Waals surface area contributed by atoms with Crippen molar-refractivity contribution >= 4 is 5.91 Å². The van der Waals surface area contributed by atoms with Gasteiger partial charge in [-0.15, -0.1) is 0 Å². The lowest BCUT2D eigenvalue weighted by molar-refractivity contribution is -0.121. The maximum atomic E-state index is 12.2. The predicted octanol–water partition coefficient (Wildman–Crippen LogP) is 3.66. The molecule has 1 N–H and O–H groups in total. The van der Waals surface area contributed by atoms with Crippen molar-refractivity contribution in [1.29, 1.82) is 0 Å².